The number of aromatic nitrogens is 3. The van der Waals surface area contributed by atoms with Crippen molar-refractivity contribution in [3.63, 3.8) is 0 Å². The molecule has 0 aliphatic rings. The number of rotatable bonds is 5. The third kappa shape index (κ3) is 4.18. The SMILES string of the molecule is COc1cc(-c2cc3c(s2)c(=O)n(-c2cncc4ccccc24)c(=O)n3CC(C)(C)C#N)c(Cl)cc1F. The summed E-state index contributed by atoms with van der Waals surface area (Å²) in [6.45, 7) is 3.47. The number of methoxy groups -OCH3 is 1. The van der Waals surface area contributed by atoms with Gasteiger partial charge in [0.15, 0.2) is 11.6 Å². The number of thiophene rings is 1. The van der Waals surface area contributed by atoms with Crippen LogP contribution in [0.3, 0.4) is 0 Å². The Morgan fingerprint density at radius 1 is 1.19 bits per heavy atom. The molecule has 2 aromatic carbocycles. The Hall–Kier alpha value is -4.00. The molecule has 0 fully saturated rings. The van der Waals surface area contributed by atoms with Gasteiger partial charge in [-0.1, -0.05) is 35.9 Å². The van der Waals surface area contributed by atoms with Crippen molar-refractivity contribution in [1.82, 2.24) is 14.1 Å². The zero-order valence-corrected chi connectivity index (χ0v) is 21.7. The highest BCUT2D eigenvalue weighted by Crippen LogP contribution is 2.39. The summed E-state index contributed by atoms with van der Waals surface area (Å²) in [5, 5.41) is 11.3. The molecule has 3 aromatic heterocycles. The highest BCUT2D eigenvalue weighted by molar-refractivity contribution is 7.22. The van der Waals surface area contributed by atoms with E-state index in [9.17, 15) is 19.2 Å². The first kappa shape index (κ1) is 24.7. The summed E-state index contributed by atoms with van der Waals surface area (Å²) in [5.41, 5.74) is -0.860. The molecule has 7 nitrogen and oxygen atoms in total. The van der Waals surface area contributed by atoms with Crippen molar-refractivity contribution in [3.05, 3.63) is 86.5 Å². The van der Waals surface area contributed by atoms with Crippen LogP contribution in [0.2, 0.25) is 5.02 Å². The van der Waals surface area contributed by atoms with Gasteiger partial charge < -0.3 is 4.74 Å². The van der Waals surface area contributed by atoms with Gasteiger partial charge >= 0.3 is 5.69 Å². The number of nitrogens with zero attached hydrogens (tertiary/aromatic N) is 4. The normalized spacial score (nSPS) is 11.7. The van der Waals surface area contributed by atoms with Crippen LogP contribution >= 0.6 is 22.9 Å². The highest BCUT2D eigenvalue weighted by Gasteiger charge is 2.25. The number of nitriles is 1. The van der Waals surface area contributed by atoms with Crippen LogP contribution in [0.5, 0.6) is 5.75 Å². The molecular formula is C27H20ClFN4O3S. The third-order valence-corrected chi connectivity index (χ3v) is 7.53. The van der Waals surface area contributed by atoms with Crippen LogP contribution in [0.25, 0.3) is 37.1 Å². The Balaban J connectivity index is 1.88. The summed E-state index contributed by atoms with van der Waals surface area (Å²) in [7, 11) is 1.35. The minimum absolute atomic E-state index is 0.000832. The number of fused-ring (bicyclic) bond motifs is 2. The fraction of sp³-hybridized carbons (Fsp3) is 0.185. The number of halogens is 2. The minimum Gasteiger partial charge on any atom is -0.494 e. The molecule has 0 radical (unpaired) electrons. The molecule has 5 rings (SSSR count). The average molecular weight is 535 g/mol. The summed E-state index contributed by atoms with van der Waals surface area (Å²) >= 11 is 7.49. The molecule has 37 heavy (non-hydrogen) atoms. The van der Waals surface area contributed by atoms with Gasteiger partial charge in [-0.15, -0.1) is 11.3 Å². The second-order valence-electron chi connectivity index (χ2n) is 9.18. The first-order valence-electron chi connectivity index (χ1n) is 11.2. The van der Waals surface area contributed by atoms with Gasteiger partial charge in [-0.25, -0.2) is 13.8 Å². The monoisotopic (exact) mass is 534 g/mol. The van der Waals surface area contributed by atoms with Gasteiger partial charge in [-0.3, -0.25) is 14.3 Å². The van der Waals surface area contributed by atoms with E-state index in [1.54, 1.807) is 26.1 Å². The van der Waals surface area contributed by atoms with Crippen molar-refractivity contribution >= 4 is 43.9 Å². The van der Waals surface area contributed by atoms with Crippen molar-refractivity contribution in [2.45, 2.75) is 20.4 Å². The van der Waals surface area contributed by atoms with Crippen LogP contribution in [0.15, 0.2) is 64.4 Å². The molecule has 0 aliphatic carbocycles. The number of ether oxygens (including phenoxy) is 1. The van der Waals surface area contributed by atoms with E-state index >= 15 is 0 Å². The Labute approximate surface area is 219 Å². The predicted octanol–water partition coefficient (Wildman–Crippen LogP) is 5.78. The molecule has 0 amide bonds. The fourth-order valence-electron chi connectivity index (χ4n) is 4.23. The molecule has 5 aromatic rings. The molecule has 186 valence electrons. The first-order chi connectivity index (χ1) is 17.6. The number of benzene rings is 2. The lowest BCUT2D eigenvalue weighted by atomic mass is 9.96. The fourth-order valence-corrected chi connectivity index (χ4v) is 5.66. The second kappa shape index (κ2) is 9.14. The molecule has 0 N–H and O–H groups in total. The summed E-state index contributed by atoms with van der Waals surface area (Å²) in [5.74, 6) is -0.616. The first-order valence-corrected chi connectivity index (χ1v) is 12.4. The van der Waals surface area contributed by atoms with E-state index in [4.69, 9.17) is 16.3 Å². The molecule has 3 heterocycles. The predicted molar refractivity (Wildman–Crippen MR) is 143 cm³/mol. The Kier molecular flexibility index (Phi) is 6.10. The molecule has 0 unspecified atom stereocenters. The Bertz CT molecular complexity index is 1860. The van der Waals surface area contributed by atoms with E-state index in [0.29, 0.717) is 27.0 Å². The van der Waals surface area contributed by atoms with Crippen molar-refractivity contribution < 1.29 is 9.13 Å². The van der Waals surface area contributed by atoms with Gasteiger partial charge in [-0.2, -0.15) is 5.26 Å². The van der Waals surface area contributed by atoms with Crippen LogP contribution in [0.1, 0.15) is 13.8 Å². The Morgan fingerprint density at radius 3 is 2.68 bits per heavy atom. The number of hydrogen-bond donors (Lipinski definition) is 0. The van der Waals surface area contributed by atoms with Crippen molar-refractivity contribution in [2.24, 2.45) is 5.41 Å². The Morgan fingerprint density at radius 2 is 1.95 bits per heavy atom. The van der Waals surface area contributed by atoms with Gasteiger partial charge in [0.25, 0.3) is 5.56 Å². The molecule has 10 heteroatoms. The largest absolute Gasteiger partial charge is 0.494 e. The summed E-state index contributed by atoms with van der Waals surface area (Å²) in [6.07, 6.45) is 3.14. The van der Waals surface area contributed by atoms with E-state index in [-0.39, 0.29) is 22.0 Å². The zero-order chi connectivity index (χ0) is 26.5. The van der Waals surface area contributed by atoms with Crippen LogP contribution in [-0.2, 0) is 6.54 Å². The molecule has 0 aliphatic heterocycles. The van der Waals surface area contributed by atoms with E-state index in [2.05, 4.69) is 11.1 Å². The van der Waals surface area contributed by atoms with Crippen LogP contribution in [0, 0.1) is 22.6 Å². The van der Waals surface area contributed by atoms with Crippen LogP contribution in [-0.4, -0.2) is 21.2 Å². The zero-order valence-electron chi connectivity index (χ0n) is 20.1. The summed E-state index contributed by atoms with van der Waals surface area (Å²) in [4.78, 5) is 32.5. The van der Waals surface area contributed by atoms with Gasteiger partial charge in [0.2, 0.25) is 0 Å². The molecule has 0 atom stereocenters. The van der Waals surface area contributed by atoms with Crippen LogP contribution in [0.4, 0.5) is 4.39 Å². The molecular weight excluding hydrogens is 515 g/mol. The highest BCUT2D eigenvalue weighted by atomic mass is 35.5. The smallest absolute Gasteiger partial charge is 0.336 e. The minimum atomic E-state index is -0.908. The van der Waals surface area contributed by atoms with Crippen molar-refractivity contribution in [3.8, 4) is 27.9 Å². The third-order valence-electron chi connectivity index (χ3n) is 6.07. The van der Waals surface area contributed by atoms with Gasteiger partial charge in [-0.05, 0) is 32.0 Å². The van der Waals surface area contributed by atoms with Crippen molar-refractivity contribution in [1.29, 1.82) is 5.26 Å². The molecule has 0 spiro atoms. The maximum Gasteiger partial charge on any atom is 0.336 e. The summed E-state index contributed by atoms with van der Waals surface area (Å²) in [6, 6.07) is 13.8. The maximum absolute atomic E-state index is 14.2. The van der Waals surface area contributed by atoms with E-state index < -0.39 is 22.5 Å². The summed E-state index contributed by atoms with van der Waals surface area (Å²) < 4.78 is 22.1. The quantitative estimate of drug-likeness (QED) is 0.285. The topological polar surface area (TPSA) is 89.9 Å². The maximum atomic E-state index is 14.2. The van der Waals surface area contributed by atoms with E-state index in [1.807, 2.05) is 24.3 Å². The van der Waals surface area contributed by atoms with E-state index in [1.165, 1.54) is 23.9 Å². The number of pyridine rings is 1. The molecule has 0 saturated heterocycles. The lowest BCUT2D eigenvalue weighted by molar-refractivity contribution is 0.387. The second-order valence-corrected chi connectivity index (χ2v) is 10.6. The lowest BCUT2D eigenvalue weighted by Crippen LogP contribution is -2.40. The average Bonchev–Trinajstić information content (AvgIpc) is 3.32. The number of hydrogen-bond acceptors (Lipinski definition) is 6. The van der Waals surface area contributed by atoms with Gasteiger partial charge in [0.1, 0.15) is 4.70 Å². The molecule has 0 saturated carbocycles. The molecule has 0 bridgehead atoms. The van der Waals surface area contributed by atoms with Gasteiger partial charge in [0.05, 0.1) is 41.0 Å². The lowest BCUT2D eigenvalue weighted by Gasteiger charge is -2.19. The van der Waals surface area contributed by atoms with E-state index in [0.717, 1.165) is 27.4 Å². The van der Waals surface area contributed by atoms with Crippen molar-refractivity contribution in [2.75, 3.05) is 7.11 Å². The van der Waals surface area contributed by atoms with Crippen LogP contribution < -0.4 is 16.0 Å². The van der Waals surface area contributed by atoms with Gasteiger partial charge in [0, 0.05) is 34.0 Å². The standard InChI is InChI=1S/C27H20ClFN4O3S/c1-27(2,13-30)14-32-20-10-23(17-8-22(36-3)19(29)9-18(17)28)37-24(20)25(34)33(26(32)35)21-12-31-11-15-6-4-5-7-16(15)21/h4-12H,14H2,1-3H3.